The summed E-state index contributed by atoms with van der Waals surface area (Å²) in [5.41, 5.74) is 4.96. The molecular weight excluding hydrogens is 200 g/mol. The second-order valence-corrected chi connectivity index (χ2v) is 4.01. The van der Waals surface area contributed by atoms with E-state index in [1.54, 1.807) is 4.68 Å². The number of hydrogen-bond acceptors (Lipinski definition) is 2. The molecule has 1 heterocycles. The Kier molecular flexibility index (Phi) is 2.60. The summed E-state index contributed by atoms with van der Waals surface area (Å²) in [6.45, 7) is 4.11. The van der Waals surface area contributed by atoms with Gasteiger partial charge in [0.15, 0.2) is 6.29 Å². The fourth-order valence-electron chi connectivity index (χ4n) is 1.81. The molecule has 0 spiro atoms. The third-order valence-corrected chi connectivity index (χ3v) is 2.69. The van der Waals surface area contributed by atoms with Crippen molar-refractivity contribution in [3.05, 3.63) is 41.1 Å². The smallest absolute Gasteiger partial charge is 0.170 e. The predicted molar refractivity (Wildman–Crippen MR) is 63.5 cm³/mol. The molecule has 0 aliphatic heterocycles. The van der Waals surface area contributed by atoms with Crippen molar-refractivity contribution in [2.45, 2.75) is 13.8 Å². The number of aldehydes is 1. The highest BCUT2D eigenvalue weighted by Crippen LogP contribution is 2.24. The Morgan fingerprint density at radius 3 is 2.62 bits per heavy atom. The van der Waals surface area contributed by atoms with Crippen LogP contribution < -0.4 is 0 Å². The first-order chi connectivity index (χ1) is 7.61. The van der Waals surface area contributed by atoms with Crippen LogP contribution in [0, 0.1) is 13.8 Å². The van der Waals surface area contributed by atoms with Crippen molar-refractivity contribution in [2.24, 2.45) is 7.05 Å². The van der Waals surface area contributed by atoms with Gasteiger partial charge in [-0.2, -0.15) is 5.10 Å². The molecule has 0 radical (unpaired) electrons. The zero-order valence-corrected chi connectivity index (χ0v) is 9.69. The maximum absolute atomic E-state index is 10.7. The van der Waals surface area contributed by atoms with Crippen LogP contribution >= 0.6 is 0 Å². The van der Waals surface area contributed by atoms with Crippen LogP contribution in [0.15, 0.2) is 24.3 Å². The number of carbonyl (C=O) groups is 1. The number of aryl methyl sites for hydroxylation is 3. The minimum Gasteiger partial charge on any atom is -0.296 e. The second-order valence-electron chi connectivity index (χ2n) is 4.01. The number of benzene rings is 1. The summed E-state index contributed by atoms with van der Waals surface area (Å²) in [7, 11) is 1.85. The number of carbonyl (C=O) groups excluding carboxylic acids is 1. The molecule has 0 unspecified atom stereocenters. The summed E-state index contributed by atoms with van der Waals surface area (Å²) < 4.78 is 1.74. The first-order valence-corrected chi connectivity index (χ1v) is 5.18. The van der Waals surface area contributed by atoms with Crippen LogP contribution in [0.2, 0.25) is 0 Å². The Morgan fingerprint density at radius 1 is 1.25 bits per heavy atom. The monoisotopic (exact) mass is 214 g/mol. The van der Waals surface area contributed by atoms with Gasteiger partial charge in [0.2, 0.25) is 0 Å². The van der Waals surface area contributed by atoms with Crippen molar-refractivity contribution < 1.29 is 4.79 Å². The lowest BCUT2D eigenvalue weighted by atomic mass is 10.0. The average Bonchev–Trinajstić information content (AvgIpc) is 2.63. The lowest BCUT2D eigenvalue weighted by Crippen LogP contribution is -1.96. The van der Waals surface area contributed by atoms with Crippen LogP contribution in [-0.4, -0.2) is 16.1 Å². The minimum atomic E-state index is 0.471. The SMILES string of the molecule is Cc1ccc(C)c(-c2cc(C=O)nn2C)c1. The van der Waals surface area contributed by atoms with E-state index in [0.29, 0.717) is 5.69 Å². The van der Waals surface area contributed by atoms with Gasteiger partial charge in [-0.15, -0.1) is 0 Å². The van der Waals surface area contributed by atoms with E-state index in [1.807, 2.05) is 13.1 Å². The summed E-state index contributed by atoms with van der Waals surface area (Å²) >= 11 is 0. The molecular formula is C13H14N2O. The van der Waals surface area contributed by atoms with Crippen LogP contribution in [-0.2, 0) is 7.05 Å². The van der Waals surface area contributed by atoms with Gasteiger partial charge in [0, 0.05) is 12.6 Å². The fourth-order valence-corrected chi connectivity index (χ4v) is 1.81. The number of hydrogen-bond donors (Lipinski definition) is 0. The number of aromatic nitrogens is 2. The summed E-state index contributed by atoms with van der Waals surface area (Å²) in [6.07, 6.45) is 0.772. The fraction of sp³-hybridized carbons (Fsp3) is 0.231. The number of nitrogens with zero attached hydrogens (tertiary/aromatic N) is 2. The van der Waals surface area contributed by atoms with Crippen molar-refractivity contribution >= 4 is 6.29 Å². The van der Waals surface area contributed by atoms with Gasteiger partial charge in [0.05, 0.1) is 5.69 Å². The topological polar surface area (TPSA) is 34.9 Å². The highest BCUT2D eigenvalue weighted by molar-refractivity contribution is 5.76. The summed E-state index contributed by atoms with van der Waals surface area (Å²) in [4.78, 5) is 10.7. The minimum absolute atomic E-state index is 0.471. The lowest BCUT2D eigenvalue weighted by Gasteiger charge is -2.06. The Balaban J connectivity index is 2.61. The van der Waals surface area contributed by atoms with Gasteiger partial charge in [0.1, 0.15) is 5.69 Å². The Bertz CT molecular complexity index is 541. The number of rotatable bonds is 2. The largest absolute Gasteiger partial charge is 0.296 e. The molecule has 0 bridgehead atoms. The summed E-state index contributed by atoms with van der Waals surface area (Å²) in [5.74, 6) is 0. The van der Waals surface area contributed by atoms with Crippen LogP contribution in [0.4, 0.5) is 0 Å². The molecule has 3 nitrogen and oxygen atoms in total. The van der Waals surface area contributed by atoms with E-state index in [0.717, 1.165) is 17.5 Å². The molecule has 0 aliphatic rings. The zero-order valence-electron chi connectivity index (χ0n) is 9.69. The predicted octanol–water partition coefficient (Wildman–Crippen LogP) is 2.52. The Morgan fingerprint density at radius 2 is 2.00 bits per heavy atom. The molecule has 2 aromatic rings. The molecule has 16 heavy (non-hydrogen) atoms. The molecule has 0 atom stereocenters. The quantitative estimate of drug-likeness (QED) is 0.720. The van der Waals surface area contributed by atoms with E-state index in [4.69, 9.17) is 0 Å². The molecule has 0 fully saturated rings. The van der Waals surface area contributed by atoms with Crippen molar-refractivity contribution in [2.75, 3.05) is 0 Å². The maximum atomic E-state index is 10.7. The maximum Gasteiger partial charge on any atom is 0.170 e. The highest BCUT2D eigenvalue weighted by Gasteiger charge is 2.09. The molecule has 0 amide bonds. The molecule has 0 saturated carbocycles. The third-order valence-electron chi connectivity index (χ3n) is 2.69. The van der Waals surface area contributed by atoms with Gasteiger partial charge in [-0.05, 0) is 31.5 Å². The Hall–Kier alpha value is -1.90. The van der Waals surface area contributed by atoms with Crippen LogP contribution in [0.1, 0.15) is 21.6 Å². The third kappa shape index (κ3) is 1.76. The van der Waals surface area contributed by atoms with Crippen LogP contribution in [0.3, 0.4) is 0 Å². The van der Waals surface area contributed by atoms with Crippen molar-refractivity contribution in [3.8, 4) is 11.3 Å². The van der Waals surface area contributed by atoms with Crippen LogP contribution in [0.25, 0.3) is 11.3 Å². The molecule has 1 aromatic carbocycles. The summed E-state index contributed by atoms with van der Waals surface area (Å²) in [5, 5.41) is 4.12. The molecule has 2 rings (SSSR count). The lowest BCUT2D eigenvalue weighted by molar-refractivity contribution is 0.111. The molecule has 82 valence electrons. The van der Waals surface area contributed by atoms with Gasteiger partial charge in [-0.3, -0.25) is 9.48 Å². The van der Waals surface area contributed by atoms with E-state index >= 15 is 0 Å². The van der Waals surface area contributed by atoms with Crippen LogP contribution in [0.5, 0.6) is 0 Å². The van der Waals surface area contributed by atoms with E-state index in [1.165, 1.54) is 11.1 Å². The van der Waals surface area contributed by atoms with Crippen molar-refractivity contribution in [3.63, 3.8) is 0 Å². The van der Waals surface area contributed by atoms with Crippen molar-refractivity contribution in [1.29, 1.82) is 0 Å². The second kappa shape index (κ2) is 3.93. The van der Waals surface area contributed by atoms with Crippen molar-refractivity contribution in [1.82, 2.24) is 9.78 Å². The Labute approximate surface area is 94.7 Å². The van der Waals surface area contributed by atoms with Gasteiger partial charge in [-0.25, -0.2) is 0 Å². The molecule has 0 saturated heterocycles. The standard InChI is InChI=1S/C13H14N2O/c1-9-4-5-10(2)12(6-9)13-7-11(8-16)14-15(13)3/h4-8H,1-3H3. The molecule has 0 aliphatic carbocycles. The highest BCUT2D eigenvalue weighted by atomic mass is 16.1. The summed E-state index contributed by atoms with van der Waals surface area (Å²) in [6, 6.07) is 8.09. The first kappa shape index (κ1) is 10.6. The average molecular weight is 214 g/mol. The first-order valence-electron chi connectivity index (χ1n) is 5.18. The van der Waals surface area contributed by atoms with Gasteiger partial charge in [-0.1, -0.05) is 17.7 Å². The molecule has 1 aromatic heterocycles. The van der Waals surface area contributed by atoms with Gasteiger partial charge in [0.25, 0.3) is 0 Å². The van der Waals surface area contributed by atoms with E-state index in [-0.39, 0.29) is 0 Å². The zero-order chi connectivity index (χ0) is 11.7. The van der Waals surface area contributed by atoms with E-state index in [9.17, 15) is 4.79 Å². The van der Waals surface area contributed by atoms with E-state index in [2.05, 4.69) is 37.1 Å². The normalized spacial score (nSPS) is 10.4. The van der Waals surface area contributed by atoms with E-state index < -0.39 is 0 Å². The molecule has 0 N–H and O–H groups in total. The van der Waals surface area contributed by atoms with Gasteiger partial charge < -0.3 is 0 Å². The van der Waals surface area contributed by atoms with Gasteiger partial charge >= 0.3 is 0 Å². The molecule has 3 heteroatoms.